The van der Waals surface area contributed by atoms with Crippen molar-refractivity contribution in [2.75, 3.05) is 32.1 Å². The maximum Gasteiger partial charge on any atom is 0.338 e. The molecule has 1 fully saturated rings. The third-order valence-corrected chi connectivity index (χ3v) is 5.58. The Bertz CT molecular complexity index is 893. The molecule has 1 aliphatic rings. The molecule has 3 rings (SSSR count). The van der Waals surface area contributed by atoms with E-state index < -0.39 is 0 Å². The van der Waals surface area contributed by atoms with Crippen LogP contribution in [0.25, 0.3) is 0 Å². The van der Waals surface area contributed by atoms with Crippen LogP contribution in [-0.2, 0) is 11.3 Å². The van der Waals surface area contributed by atoms with Gasteiger partial charge in [0, 0.05) is 25.3 Å². The second kappa shape index (κ2) is 11.1. The number of carbonyl (C=O) groups excluding carboxylic acids is 1. The largest absolute Gasteiger partial charge is 0.490 e. The Morgan fingerprint density at radius 2 is 1.87 bits per heavy atom. The van der Waals surface area contributed by atoms with Gasteiger partial charge in [-0.15, -0.1) is 0 Å². The summed E-state index contributed by atoms with van der Waals surface area (Å²) in [4.78, 5) is 14.2. The fourth-order valence-electron chi connectivity index (χ4n) is 3.48. The van der Waals surface area contributed by atoms with Crippen molar-refractivity contribution in [1.82, 2.24) is 10.2 Å². The van der Waals surface area contributed by atoms with E-state index in [1.54, 1.807) is 19.1 Å². The number of thiocarbonyl (C=S) groups is 1. The molecule has 2 N–H and O–H groups in total. The molecule has 1 aliphatic heterocycles. The molecule has 1 saturated heterocycles. The van der Waals surface area contributed by atoms with Crippen molar-refractivity contribution in [3.05, 3.63) is 59.2 Å². The first-order valence-electron chi connectivity index (χ1n) is 10.7. The summed E-state index contributed by atoms with van der Waals surface area (Å²) in [5, 5.41) is 6.93. The molecule has 166 valence electrons. The number of nitrogens with zero attached hydrogens (tertiary/aromatic N) is 1. The van der Waals surface area contributed by atoms with E-state index in [4.69, 9.17) is 21.7 Å². The summed E-state index contributed by atoms with van der Waals surface area (Å²) in [5.74, 6) is 0.595. The van der Waals surface area contributed by atoms with E-state index in [9.17, 15) is 4.79 Å². The highest BCUT2D eigenvalue weighted by molar-refractivity contribution is 7.80. The zero-order chi connectivity index (χ0) is 22.2. The molecule has 0 saturated carbocycles. The van der Waals surface area contributed by atoms with Gasteiger partial charge in [-0.1, -0.05) is 12.1 Å². The van der Waals surface area contributed by atoms with E-state index in [1.807, 2.05) is 25.1 Å². The molecule has 0 atom stereocenters. The normalized spacial score (nSPS) is 14.7. The number of ether oxygens (including phenoxy) is 2. The second-order valence-electron chi connectivity index (χ2n) is 7.82. The molecule has 0 aliphatic carbocycles. The van der Waals surface area contributed by atoms with Crippen LogP contribution in [0.15, 0.2) is 42.5 Å². The lowest BCUT2D eigenvalue weighted by Crippen LogP contribution is -2.35. The van der Waals surface area contributed by atoms with Crippen molar-refractivity contribution in [2.45, 2.75) is 39.3 Å². The molecule has 0 spiro atoms. The fourth-order valence-corrected chi connectivity index (χ4v) is 3.66. The first-order chi connectivity index (χ1) is 14.9. The average Bonchev–Trinajstić information content (AvgIpc) is 2.76. The lowest BCUT2D eigenvalue weighted by molar-refractivity contribution is 0.0526. The number of rotatable bonds is 7. The maximum atomic E-state index is 11.8. The smallest absolute Gasteiger partial charge is 0.338 e. The van der Waals surface area contributed by atoms with Crippen molar-refractivity contribution in [3.8, 4) is 5.75 Å². The van der Waals surface area contributed by atoms with Crippen LogP contribution in [0.2, 0.25) is 0 Å². The first-order valence-corrected chi connectivity index (χ1v) is 11.1. The van der Waals surface area contributed by atoms with E-state index >= 15 is 0 Å². The van der Waals surface area contributed by atoms with Crippen LogP contribution < -0.4 is 15.4 Å². The molecule has 0 radical (unpaired) electrons. The molecule has 0 amide bonds. The van der Waals surface area contributed by atoms with E-state index in [-0.39, 0.29) is 5.97 Å². The van der Waals surface area contributed by atoms with Crippen LogP contribution >= 0.6 is 12.2 Å². The van der Waals surface area contributed by atoms with Crippen LogP contribution in [0.1, 0.15) is 41.3 Å². The number of esters is 1. The molecular weight excluding hydrogens is 410 g/mol. The minimum Gasteiger partial charge on any atom is -0.490 e. The summed E-state index contributed by atoms with van der Waals surface area (Å²) in [6.45, 7) is 6.86. The zero-order valence-corrected chi connectivity index (χ0v) is 19.3. The highest BCUT2D eigenvalue weighted by atomic mass is 32.1. The van der Waals surface area contributed by atoms with Crippen molar-refractivity contribution < 1.29 is 14.3 Å². The van der Waals surface area contributed by atoms with Crippen LogP contribution in [0, 0.1) is 6.92 Å². The topological polar surface area (TPSA) is 62.8 Å². The zero-order valence-electron chi connectivity index (χ0n) is 18.4. The summed E-state index contributed by atoms with van der Waals surface area (Å²) in [5.41, 5.74) is 3.43. The van der Waals surface area contributed by atoms with Crippen LogP contribution in [-0.4, -0.2) is 48.8 Å². The van der Waals surface area contributed by atoms with E-state index in [1.165, 1.54) is 0 Å². The number of hydrogen-bond donors (Lipinski definition) is 2. The van der Waals surface area contributed by atoms with Gasteiger partial charge in [-0.3, -0.25) is 0 Å². The minimum atomic E-state index is -0.318. The number of piperidine rings is 1. The Morgan fingerprint density at radius 1 is 1.16 bits per heavy atom. The highest BCUT2D eigenvalue weighted by Gasteiger charge is 2.17. The van der Waals surface area contributed by atoms with Crippen LogP contribution in [0.4, 0.5) is 5.69 Å². The van der Waals surface area contributed by atoms with Gasteiger partial charge in [0.1, 0.15) is 11.9 Å². The Morgan fingerprint density at radius 3 is 2.52 bits per heavy atom. The second-order valence-corrected chi connectivity index (χ2v) is 8.23. The molecule has 0 bridgehead atoms. The lowest BCUT2D eigenvalue weighted by Gasteiger charge is -2.29. The molecule has 2 aromatic rings. The van der Waals surface area contributed by atoms with Gasteiger partial charge >= 0.3 is 5.97 Å². The number of anilines is 1. The summed E-state index contributed by atoms with van der Waals surface area (Å²) in [7, 11) is 2.15. The standard InChI is InChI=1S/C24H31N3O3S/c1-4-29-23(28)19-7-10-22(17(2)15-19)26-24(31)25-16-18-5-8-20(9-6-18)30-21-11-13-27(3)14-12-21/h5-10,15,21H,4,11-14,16H2,1-3H3,(H2,25,26,31). The van der Waals surface area contributed by atoms with E-state index in [2.05, 4.69) is 34.7 Å². The molecule has 31 heavy (non-hydrogen) atoms. The monoisotopic (exact) mass is 441 g/mol. The molecule has 0 unspecified atom stereocenters. The van der Waals surface area contributed by atoms with Gasteiger partial charge in [0.25, 0.3) is 0 Å². The van der Waals surface area contributed by atoms with Gasteiger partial charge in [0.2, 0.25) is 0 Å². The van der Waals surface area contributed by atoms with E-state index in [0.717, 1.165) is 48.5 Å². The number of carbonyl (C=O) groups is 1. The quantitative estimate of drug-likeness (QED) is 0.495. The Balaban J connectivity index is 1.46. The SMILES string of the molecule is CCOC(=O)c1ccc(NC(=S)NCc2ccc(OC3CCN(C)CC3)cc2)c(C)c1. The first kappa shape index (κ1) is 23.0. The molecule has 0 aromatic heterocycles. The average molecular weight is 442 g/mol. The summed E-state index contributed by atoms with van der Waals surface area (Å²) >= 11 is 5.42. The fraction of sp³-hybridized carbons (Fsp3) is 0.417. The van der Waals surface area contributed by atoms with Crippen LogP contribution in [0.3, 0.4) is 0 Å². The van der Waals surface area contributed by atoms with Gasteiger partial charge in [-0.2, -0.15) is 0 Å². The third-order valence-electron chi connectivity index (χ3n) is 5.33. The van der Waals surface area contributed by atoms with Gasteiger partial charge in [-0.25, -0.2) is 4.79 Å². The molecule has 7 heteroatoms. The third kappa shape index (κ3) is 6.94. The van der Waals surface area contributed by atoms with Crippen molar-refractivity contribution >= 4 is 29.0 Å². The predicted molar refractivity (Wildman–Crippen MR) is 128 cm³/mol. The van der Waals surface area contributed by atoms with Crippen molar-refractivity contribution in [3.63, 3.8) is 0 Å². The van der Waals surface area contributed by atoms with Gasteiger partial charge < -0.3 is 25.0 Å². The number of benzene rings is 2. The molecule has 6 nitrogen and oxygen atoms in total. The van der Waals surface area contributed by atoms with Gasteiger partial charge in [-0.05, 0) is 87.4 Å². The Labute approximate surface area is 189 Å². The van der Waals surface area contributed by atoms with Crippen molar-refractivity contribution in [2.24, 2.45) is 0 Å². The predicted octanol–water partition coefficient (Wildman–Crippen LogP) is 4.13. The number of aryl methyl sites for hydroxylation is 1. The number of likely N-dealkylation sites (tertiary alicyclic amines) is 1. The van der Waals surface area contributed by atoms with Crippen LogP contribution in [0.5, 0.6) is 5.75 Å². The summed E-state index contributed by atoms with van der Waals surface area (Å²) < 4.78 is 11.1. The van der Waals surface area contributed by atoms with E-state index in [0.29, 0.717) is 29.9 Å². The molecular formula is C24H31N3O3S. The highest BCUT2D eigenvalue weighted by Crippen LogP contribution is 2.20. The molecule has 2 aromatic carbocycles. The minimum absolute atomic E-state index is 0.301. The Hall–Kier alpha value is -2.64. The van der Waals surface area contributed by atoms with Crippen molar-refractivity contribution in [1.29, 1.82) is 0 Å². The summed E-state index contributed by atoms with van der Waals surface area (Å²) in [6.07, 6.45) is 2.44. The number of nitrogens with one attached hydrogen (secondary N) is 2. The number of hydrogen-bond acceptors (Lipinski definition) is 5. The van der Waals surface area contributed by atoms with Gasteiger partial charge in [0.05, 0.1) is 12.2 Å². The summed E-state index contributed by atoms with van der Waals surface area (Å²) in [6, 6.07) is 13.5. The maximum absolute atomic E-state index is 11.8. The van der Waals surface area contributed by atoms with Gasteiger partial charge in [0.15, 0.2) is 5.11 Å². The Kier molecular flexibility index (Phi) is 8.26. The molecule has 1 heterocycles. The lowest BCUT2D eigenvalue weighted by atomic mass is 10.1.